The van der Waals surface area contributed by atoms with Gasteiger partial charge in [0.15, 0.2) is 0 Å². The third-order valence-corrected chi connectivity index (χ3v) is 3.72. The quantitative estimate of drug-likeness (QED) is 0.892. The van der Waals surface area contributed by atoms with E-state index >= 15 is 0 Å². The number of carbonyl (C=O) groups is 1. The molecule has 0 aliphatic carbocycles. The Hall–Kier alpha value is -3.01. The van der Waals surface area contributed by atoms with Crippen molar-refractivity contribution in [2.75, 3.05) is 19.5 Å². The van der Waals surface area contributed by atoms with E-state index < -0.39 is 0 Å². The van der Waals surface area contributed by atoms with E-state index in [1.54, 1.807) is 25.2 Å². The Morgan fingerprint density at radius 3 is 2.68 bits per heavy atom. The van der Waals surface area contributed by atoms with E-state index in [-0.39, 0.29) is 11.4 Å². The average Bonchev–Trinajstić information content (AvgIpc) is 3.03. The van der Waals surface area contributed by atoms with Crippen LogP contribution in [0.3, 0.4) is 0 Å². The van der Waals surface area contributed by atoms with Gasteiger partial charge in [0.1, 0.15) is 11.8 Å². The van der Waals surface area contributed by atoms with Gasteiger partial charge in [-0.15, -0.1) is 0 Å². The normalized spacial score (nSPS) is 10.9. The van der Waals surface area contributed by atoms with Crippen molar-refractivity contribution in [3.63, 3.8) is 0 Å². The number of nitrogens with one attached hydrogen (secondary N) is 2. The van der Waals surface area contributed by atoms with E-state index in [2.05, 4.69) is 36.3 Å². The van der Waals surface area contributed by atoms with E-state index in [1.165, 1.54) is 12.0 Å². The van der Waals surface area contributed by atoms with Crippen molar-refractivity contribution >= 4 is 11.7 Å². The van der Waals surface area contributed by atoms with Crippen molar-refractivity contribution in [1.82, 2.24) is 15.1 Å². The number of benzene rings is 1. The Bertz CT molecular complexity index is 799. The Balaban J connectivity index is 2.03. The fraction of sp³-hybridized carbons (Fsp3) is 0.389. The minimum absolute atomic E-state index is 0.0492. The molecule has 7 nitrogen and oxygen atoms in total. The van der Waals surface area contributed by atoms with E-state index in [0.717, 1.165) is 11.4 Å². The van der Waals surface area contributed by atoms with Crippen LogP contribution in [-0.4, -0.2) is 35.3 Å². The molecule has 25 heavy (non-hydrogen) atoms. The van der Waals surface area contributed by atoms with Crippen molar-refractivity contribution < 1.29 is 9.53 Å². The van der Waals surface area contributed by atoms with Gasteiger partial charge in [0.2, 0.25) is 0 Å². The largest absolute Gasteiger partial charge is 0.495 e. The molecule has 2 rings (SSSR count). The maximum Gasteiger partial charge on any atom is 0.321 e. The van der Waals surface area contributed by atoms with Crippen LogP contribution in [0.5, 0.6) is 5.75 Å². The fourth-order valence-corrected chi connectivity index (χ4v) is 2.25. The molecule has 1 heterocycles. The predicted molar refractivity (Wildman–Crippen MR) is 95.5 cm³/mol. The zero-order valence-electron chi connectivity index (χ0n) is 15.2. The highest BCUT2D eigenvalue weighted by Crippen LogP contribution is 2.22. The molecule has 132 valence electrons. The van der Waals surface area contributed by atoms with E-state index in [4.69, 9.17) is 10.00 Å². The topological polar surface area (TPSA) is 94.0 Å². The van der Waals surface area contributed by atoms with Gasteiger partial charge in [-0.1, -0.05) is 20.8 Å². The molecule has 0 aliphatic heterocycles. The van der Waals surface area contributed by atoms with Crippen molar-refractivity contribution in [2.24, 2.45) is 0 Å². The number of amides is 2. The average molecular weight is 341 g/mol. The van der Waals surface area contributed by atoms with Crippen LogP contribution in [0.15, 0.2) is 24.3 Å². The van der Waals surface area contributed by atoms with Crippen LogP contribution in [-0.2, 0) is 12.0 Å². The molecule has 0 atom stereocenters. The van der Waals surface area contributed by atoms with Gasteiger partial charge in [0.05, 0.1) is 30.6 Å². The monoisotopic (exact) mass is 341 g/mol. The molecule has 0 unspecified atom stereocenters. The number of rotatable bonds is 4. The summed E-state index contributed by atoms with van der Waals surface area (Å²) < 4.78 is 5.10. The second-order valence-corrected chi connectivity index (χ2v) is 6.84. The Morgan fingerprint density at radius 2 is 2.12 bits per heavy atom. The lowest BCUT2D eigenvalue weighted by Gasteiger charge is -2.17. The van der Waals surface area contributed by atoms with Gasteiger partial charge >= 0.3 is 6.03 Å². The summed E-state index contributed by atoms with van der Waals surface area (Å²) in [7, 11) is 3.19. The van der Waals surface area contributed by atoms with Gasteiger partial charge in [0.25, 0.3) is 0 Å². The maximum atomic E-state index is 12.3. The highest BCUT2D eigenvalue weighted by Gasteiger charge is 2.18. The minimum Gasteiger partial charge on any atom is -0.495 e. The lowest BCUT2D eigenvalue weighted by molar-refractivity contribution is 0.220. The molecule has 7 heteroatoms. The first-order valence-electron chi connectivity index (χ1n) is 7.89. The van der Waals surface area contributed by atoms with Gasteiger partial charge in [-0.3, -0.25) is 5.10 Å². The number of hydrogen-bond donors (Lipinski definition) is 2. The predicted octanol–water partition coefficient (Wildman–Crippen LogP) is 3.25. The summed E-state index contributed by atoms with van der Waals surface area (Å²) in [4.78, 5) is 13.9. The number of methoxy groups -OCH3 is 1. The zero-order chi connectivity index (χ0) is 18.6. The molecule has 0 aliphatic rings. The number of aromatic nitrogens is 2. The standard InChI is InChI=1S/C18H23N5O2/c1-18(2,3)16-9-14(21-22-16)11-23(4)17(24)20-13-6-7-15(25-5)12(8-13)10-19/h6-9H,11H2,1-5H3,(H,20,24)(H,21,22). The second kappa shape index (κ2) is 7.26. The van der Waals surface area contributed by atoms with Crippen LogP contribution in [0.4, 0.5) is 10.5 Å². The zero-order valence-corrected chi connectivity index (χ0v) is 15.2. The fourth-order valence-electron chi connectivity index (χ4n) is 2.25. The molecule has 2 N–H and O–H groups in total. The van der Waals surface area contributed by atoms with Crippen molar-refractivity contribution in [3.05, 3.63) is 41.2 Å². The van der Waals surface area contributed by atoms with Crippen molar-refractivity contribution in [2.45, 2.75) is 32.7 Å². The number of H-pyrrole nitrogens is 1. The highest BCUT2D eigenvalue weighted by molar-refractivity contribution is 5.89. The lowest BCUT2D eigenvalue weighted by Crippen LogP contribution is -2.31. The first-order valence-corrected chi connectivity index (χ1v) is 7.89. The lowest BCUT2D eigenvalue weighted by atomic mass is 9.92. The van der Waals surface area contributed by atoms with Gasteiger partial charge in [-0.25, -0.2) is 4.79 Å². The van der Waals surface area contributed by atoms with Crippen LogP contribution < -0.4 is 10.1 Å². The molecule has 2 aromatic rings. The van der Waals surface area contributed by atoms with Crippen LogP contribution in [0.2, 0.25) is 0 Å². The smallest absolute Gasteiger partial charge is 0.321 e. The Kier molecular flexibility index (Phi) is 5.32. The third kappa shape index (κ3) is 4.51. The number of nitriles is 1. The maximum absolute atomic E-state index is 12.3. The number of anilines is 1. The van der Waals surface area contributed by atoms with Crippen molar-refractivity contribution in [3.8, 4) is 11.8 Å². The van der Waals surface area contributed by atoms with Crippen LogP contribution >= 0.6 is 0 Å². The summed E-state index contributed by atoms with van der Waals surface area (Å²) in [5.74, 6) is 0.473. The van der Waals surface area contributed by atoms with Crippen molar-refractivity contribution in [1.29, 1.82) is 5.26 Å². The second-order valence-electron chi connectivity index (χ2n) is 6.84. The Morgan fingerprint density at radius 1 is 1.40 bits per heavy atom. The molecule has 0 bridgehead atoms. The van der Waals surface area contributed by atoms with Gasteiger partial charge in [-0.05, 0) is 24.3 Å². The molecule has 0 saturated carbocycles. The van der Waals surface area contributed by atoms with Gasteiger partial charge in [-0.2, -0.15) is 10.4 Å². The van der Waals surface area contributed by atoms with E-state index in [0.29, 0.717) is 23.5 Å². The molecule has 0 spiro atoms. The number of urea groups is 1. The SMILES string of the molecule is COc1ccc(NC(=O)N(C)Cc2cc(C(C)(C)C)n[nH]2)cc1C#N. The first kappa shape index (κ1) is 18.3. The van der Waals surface area contributed by atoms with Crippen LogP contribution in [0, 0.1) is 11.3 Å². The summed E-state index contributed by atoms with van der Waals surface area (Å²) in [5.41, 5.74) is 2.66. The number of aromatic amines is 1. The van der Waals surface area contributed by atoms with Gasteiger partial charge < -0.3 is 15.0 Å². The highest BCUT2D eigenvalue weighted by atomic mass is 16.5. The number of nitrogens with zero attached hydrogens (tertiary/aromatic N) is 3. The summed E-state index contributed by atoms with van der Waals surface area (Å²) in [6.07, 6.45) is 0. The summed E-state index contributed by atoms with van der Waals surface area (Å²) in [6, 6.07) is 8.66. The van der Waals surface area contributed by atoms with Crippen LogP contribution in [0.1, 0.15) is 37.7 Å². The molecular weight excluding hydrogens is 318 g/mol. The first-order chi connectivity index (χ1) is 11.7. The summed E-state index contributed by atoms with van der Waals surface area (Å²) in [6.45, 7) is 6.65. The van der Waals surface area contributed by atoms with Crippen LogP contribution in [0.25, 0.3) is 0 Å². The third-order valence-electron chi connectivity index (χ3n) is 3.72. The molecule has 1 aromatic heterocycles. The molecule has 0 fully saturated rings. The molecule has 0 saturated heterocycles. The Labute approximate surface area is 147 Å². The molecular formula is C18H23N5O2. The number of carbonyl (C=O) groups excluding carboxylic acids is 1. The molecule has 2 amide bonds. The van der Waals surface area contributed by atoms with E-state index in [1.807, 2.05) is 12.1 Å². The van der Waals surface area contributed by atoms with E-state index in [9.17, 15) is 4.79 Å². The van der Waals surface area contributed by atoms with Gasteiger partial charge in [0, 0.05) is 18.2 Å². The minimum atomic E-state index is -0.277. The number of hydrogen-bond acceptors (Lipinski definition) is 4. The number of ether oxygens (including phenoxy) is 1. The summed E-state index contributed by atoms with van der Waals surface area (Å²) in [5, 5.41) is 19.1. The molecule has 1 aromatic carbocycles. The molecule has 0 radical (unpaired) electrons. The summed E-state index contributed by atoms with van der Waals surface area (Å²) >= 11 is 0.